The van der Waals surface area contributed by atoms with Crippen LogP contribution in [0.2, 0.25) is 0 Å². The van der Waals surface area contributed by atoms with E-state index in [0.717, 1.165) is 17.0 Å². The van der Waals surface area contributed by atoms with Crippen molar-refractivity contribution in [2.75, 3.05) is 6.61 Å². The summed E-state index contributed by atoms with van der Waals surface area (Å²) in [6.45, 7) is 3.20. The quantitative estimate of drug-likeness (QED) is 0.828. The average molecular weight is 246 g/mol. The fourth-order valence-corrected chi connectivity index (χ4v) is 1.97. The van der Waals surface area contributed by atoms with Crippen LogP contribution >= 0.6 is 0 Å². The van der Waals surface area contributed by atoms with Crippen LogP contribution in [0.4, 0.5) is 0 Å². The summed E-state index contributed by atoms with van der Waals surface area (Å²) in [5, 5.41) is 17.1. The summed E-state index contributed by atoms with van der Waals surface area (Å²) in [5.74, 6) is 0. The lowest BCUT2D eigenvalue weighted by Gasteiger charge is -2.08. The van der Waals surface area contributed by atoms with Crippen LogP contribution in [0.1, 0.15) is 17.7 Å². The first-order chi connectivity index (χ1) is 8.76. The molecule has 0 spiro atoms. The second kappa shape index (κ2) is 5.75. The molecule has 5 heteroatoms. The maximum atomic E-state index is 8.91. The largest absolute Gasteiger partial charge is 0.396 e. The molecule has 0 aliphatic rings. The highest BCUT2D eigenvalue weighted by Gasteiger charge is 2.13. The van der Waals surface area contributed by atoms with Crippen LogP contribution in [0.15, 0.2) is 24.3 Å². The van der Waals surface area contributed by atoms with Gasteiger partial charge in [0.05, 0.1) is 5.69 Å². The molecule has 0 unspecified atom stereocenters. The normalized spacial score (nSPS) is 10.8. The summed E-state index contributed by atoms with van der Waals surface area (Å²) in [5.41, 5.74) is 9.70. The second-order valence-corrected chi connectivity index (χ2v) is 4.26. The molecule has 1 aromatic carbocycles. The Labute approximate surface area is 106 Å². The van der Waals surface area contributed by atoms with Crippen LogP contribution in [-0.4, -0.2) is 26.7 Å². The molecule has 0 atom stereocenters. The van der Waals surface area contributed by atoms with E-state index in [4.69, 9.17) is 10.8 Å². The topological polar surface area (TPSA) is 77.0 Å². The highest BCUT2D eigenvalue weighted by atomic mass is 16.3. The standard InChI is InChI=1S/C13H18N4O/c1-10-4-2-5-11(8-10)13-12(9-14)15-16-17(13)6-3-7-18/h2,4-5,8,18H,3,6-7,9,14H2,1H3. The predicted molar refractivity (Wildman–Crippen MR) is 69.8 cm³/mol. The fraction of sp³-hybridized carbons (Fsp3) is 0.385. The summed E-state index contributed by atoms with van der Waals surface area (Å²) in [6.07, 6.45) is 0.659. The molecule has 0 saturated heterocycles. The molecule has 3 N–H and O–H groups in total. The highest BCUT2D eigenvalue weighted by molar-refractivity contribution is 5.62. The molecule has 0 radical (unpaired) electrons. The lowest BCUT2D eigenvalue weighted by atomic mass is 10.1. The van der Waals surface area contributed by atoms with Gasteiger partial charge in [0, 0.05) is 25.3 Å². The van der Waals surface area contributed by atoms with Crippen LogP contribution in [0.25, 0.3) is 11.3 Å². The third-order valence-corrected chi connectivity index (χ3v) is 2.82. The first-order valence-corrected chi connectivity index (χ1v) is 6.06. The number of aliphatic hydroxyl groups excluding tert-OH is 1. The fourth-order valence-electron chi connectivity index (χ4n) is 1.97. The Balaban J connectivity index is 2.43. The Bertz CT molecular complexity index is 521. The summed E-state index contributed by atoms with van der Waals surface area (Å²) in [7, 11) is 0. The van der Waals surface area contributed by atoms with Crippen molar-refractivity contribution in [3.63, 3.8) is 0 Å². The summed E-state index contributed by atoms with van der Waals surface area (Å²) >= 11 is 0. The van der Waals surface area contributed by atoms with Crippen molar-refractivity contribution in [3.05, 3.63) is 35.5 Å². The van der Waals surface area contributed by atoms with Gasteiger partial charge in [0.15, 0.2) is 0 Å². The van der Waals surface area contributed by atoms with Gasteiger partial charge in [-0.1, -0.05) is 29.0 Å². The molecule has 2 aromatic rings. The van der Waals surface area contributed by atoms with Crippen molar-refractivity contribution in [3.8, 4) is 11.3 Å². The van der Waals surface area contributed by atoms with E-state index in [1.807, 2.05) is 29.8 Å². The lowest BCUT2D eigenvalue weighted by Crippen LogP contribution is -2.06. The Morgan fingerprint density at radius 2 is 2.22 bits per heavy atom. The monoisotopic (exact) mass is 246 g/mol. The van der Waals surface area contributed by atoms with Gasteiger partial charge in [-0.3, -0.25) is 0 Å². The smallest absolute Gasteiger partial charge is 0.104 e. The van der Waals surface area contributed by atoms with Gasteiger partial charge in [0.2, 0.25) is 0 Å². The molecule has 2 rings (SSSR count). The van der Waals surface area contributed by atoms with E-state index in [1.165, 1.54) is 5.56 Å². The van der Waals surface area contributed by atoms with Crippen molar-refractivity contribution in [2.45, 2.75) is 26.4 Å². The van der Waals surface area contributed by atoms with E-state index in [0.29, 0.717) is 19.5 Å². The van der Waals surface area contributed by atoms with E-state index < -0.39 is 0 Å². The maximum Gasteiger partial charge on any atom is 0.104 e. The van der Waals surface area contributed by atoms with Gasteiger partial charge in [-0.25, -0.2) is 4.68 Å². The minimum absolute atomic E-state index is 0.144. The molecule has 0 aliphatic carbocycles. The maximum absolute atomic E-state index is 8.91. The molecule has 0 amide bonds. The summed E-state index contributed by atoms with van der Waals surface area (Å²) in [6, 6.07) is 8.18. The van der Waals surface area contributed by atoms with Crippen molar-refractivity contribution in [1.29, 1.82) is 0 Å². The van der Waals surface area contributed by atoms with Crippen LogP contribution in [0.3, 0.4) is 0 Å². The molecule has 1 heterocycles. The number of rotatable bonds is 5. The van der Waals surface area contributed by atoms with Gasteiger partial charge in [-0.15, -0.1) is 5.10 Å². The zero-order valence-electron chi connectivity index (χ0n) is 10.5. The Hall–Kier alpha value is -1.72. The second-order valence-electron chi connectivity index (χ2n) is 4.26. The molecule has 0 fully saturated rings. The van der Waals surface area contributed by atoms with Crippen LogP contribution in [0, 0.1) is 6.92 Å². The first-order valence-electron chi connectivity index (χ1n) is 6.06. The predicted octanol–water partition coefficient (Wildman–Crippen LogP) is 1.09. The van der Waals surface area contributed by atoms with E-state index in [-0.39, 0.29) is 6.61 Å². The number of nitrogens with zero attached hydrogens (tertiary/aromatic N) is 3. The zero-order valence-corrected chi connectivity index (χ0v) is 10.5. The number of hydrogen-bond donors (Lipinski definition) is 2. The molecule has 0 aliphatic heterocycles. The number of benzene rings is 1. The van der Waals surface area contributed by atoms with E-state index in [2.05, 4.69) is 16.4 Å². The van der Waals surface area contributed by atoms with Crippen LogP contribution in [-0.2, 0) is 13.1 Å². The molecular formula is C13H18N4O. The molecule has 18 heavy (non-hydrogen) atoms. The van der Waals surface area contributed by atoms with Crippen molar-refractivity contribution in [1.82, 2.24) is 15.0 Å². The SMILES string of the molecule is Cc1cccc(-c2c(CN)nnn2CCCO)c1. The minimum Gasteiger partial charge on any atom is -0.396 e. The van der Waals surface area contributed by atoms with Gasteiger partial charge in [0.1, 0.15) is 5.69 Å². The third kappa shape index (κ3) is 2.57. The Morgan fingerprint density at radius 1 is 1.39 bits per heavy atom. The third-order valence-electron chi connectivity index (χ3n) is 2.82. The number of aromatic nitrogens is 3. The number of hydrogen-bond acceptors (Lipinski definition) is 4. The number of aliphatic hydroxyl groups is 1. The van der Waals surface area contributed by atoms with Crippen molar-refractivity contribution >= 4 is 0 Å². The average Bonchev–Trinajstić information content (AvgIpc) is 2.79. The molecular weight excluding hydrogens is 228 g/mol. The van der Waals surface area contributed by atoms with Gasteiger partial charge < -0.3 is 10.8 Å². The van der Waals surface area contributed by atoms with E-state index in [9.17, 15) is 0 Å². The minimum atomic E-state index is 0.144. The van der Waals surface area contributed by atoms with E-state index in [1.54, 1.807) is 0 Å². The first kappa shape index (κ1) is 12.7. The molecule has 0 saturated carbocycles. The van der Waals surface area contributed by atoms with Gasteiger partial charge in [-0.05, 0) is 19.4 Å². The molecule has 96 valence electrons. The van der Waals surface area contributed by atoms with E-state index >= 15 is 0 Å². The Morgan fingerprint density at radius 3 is 2.89 bits per heavy atom. The highest BCUT2D eigenvalue weighted by Crippen LogP contribution is 2.23. The molecule has 5 nitrogen and oxygen atoms in total. The van der Waals surface area contributed by atoms with Crippen LogP contribution in [0.5, 0.6) is 0 Å². The zero-order chi connectivity index (χ0) is 13.0. The Kier molecular flexibility index (Phi) is 4.07. The molecule has 1 aromatic heterocycles. The van der Waals surface area contributed by atoms with Gasteiger partial charge >= 0.3 is 0 Å². The van der Waals surface area contributed by atoms with Gasteiger partial charge in [0.25, 0.3) is 0 Å². The van der Waals surface area contributed by atoms with Crippen molar-refractivity contribution in [2.24, 2.45) is 5.73 Å². The lowest BCUT2D eigenvalue weighted by molar-refractivity contribution is 0.276. The van der Waals surface area contributed by atoms with Gasteiger partial charge in [-0.2, -0.15) is 0 Å². The summed E-state index contributed by atoms with van der Waals surface area (Å²) < 4.78 is 1.81. The number of nitrogens with two attached hydrogens (primary N) is 1. The van der Waals surface area contributed by atoms with Crippen LogP contribution < -0.4 is 5.73 Å². The van der Waals surface area contributed by atoms with Crippen molar-refractivity contribution < 1.29 is 5.11 Å². The summed E-state index contributed by atoms with van der Waals surface area (Å²) in [4.78, 5) is 0. The molecule has 0 bridgehead atoms. The number of aryl methyl sites for hydroxylation is 2.